The highest BCUT2D eigenvalue weighted by atomic mass is 28.3. The first kappa shape index (κ1) is 21.3. The first-order valence-corrected chi connectivity index (χ1v) is 13.8. The molecule has 0 unspecified atom stereocenters. The predicted octanol–water partition coefficient (Wildman–Crippen LogP) is 5.08. The molecule has 0 aliphatic heterocycles. The van der Waals surface area contributed by atoms with Crippen molar-refractivity contribution in [2.75, 3.05) is 0 Å². The van der Waals surface area contributed by atoms with Crippen LogP contribution in [0.5, 0.6) is 0 Å². The molecule has 0 radical (unpaired) electrons. The van der Waals surface area contributed by atoms with E-state index in [9.17, 15) is 4.79 Å². The molecule has 0 bridgehead atoms. The van der Waals surface area contributed by atoms with Gasteiger partial charge in [-0.15, -0.1) is 0 Å². The fraction of sp³-hybridized carbons (Fsp3) is 0.0312. The van der Waals surface area contributed by atoms with Crippen LogP contribution in [0.4, 0.5) is 0 Å². The largest absolute Gasteiger partial charge is 0.455 e. The van der Waals surface area contributed by atoms with Gasteiger partial charge in [-0.1, -0.05) is 109 Å². The Hall–Kier alpha value is -4.21. The van der Waals surface area contributed by atoms with E-state index < -0.39 is 8.07 Å². The van der Waals surface area contributed by atoms with Crippen molar-refractivity contribution in [3.05, 3.63) is 132 Å². The second-order valence-corrected chi connectivity index (χ2v) is 12.8. The summed E-state index contributed by atoms with van der Waals surface area (Å²) in [6, 6.07) is 42.7. The number of hydrogen-bond acceptors (Lipinski definition) is 2. The highest BCUT2D eigenvalue weighted by Gasteiger charge is 2.42. The molecule has 3 heteroatoms. The van der Waals surface area contributed by atoms with Gasteiger partial charge in [0.05, 0.1) is 5.56 Å². The van der Waals surface area contributed by atoms with E-state index in [4.69, 9.17) is 4.42 Å². The Balaban J connectivity index is 1.81. The summed E-state index contributed by atoms with van der Waals surface area (Å²) in [5.74, 6) is 0. The Morgan fingerprint density at radius 3 is 1.66 bits per heavy atom. The minimum atomic E-state index is -2.74. The summed E-state index contributed by atoms with van der Waals surface area (Å²) in [4.78, 5) is 12.4. The van der Waals surface area contributed by atoms with Gasteiger partial charge in [0.2, 0.25) is 0 Å². The van der Waals surface area contributed by atoms with Crippen LogP contribution in [0.3, 0.4) is 0 Å². The van der Waals surface area contributed by atoms with Crippen LogP contribution < -0.4 is 20.7 Å². The molecule has 168 valence electrons. The number of furan rings is 1. The lowest BCUT2D eigenvalue weighted by molar-refractivity contribution is 0.112. The average molecular weight is 469 g/mol. The van der Waals surface area contributed by atoms with E-state index in [-0.39, 0.29) is 0 Å². The fourth-order valence-corrected chi connectivity index (χ4v) is 10.2. The second-order valence-electron chi connectivity index (χ2n) is 9.01. The van der Waals surface area contributed by atoms with E-state index in [1.165, 1.54) is 20.7 Å². The Morgan fingerprint density at radius 2 is 1.14 bits per heavy atom. The zero-order valence-corrected chi connectivity index (χ0v) is 20.4. The molecule has 0 aliphatic rings. The normalized spacial score (nSPS) is 11.7. The minimum absolute atomic E-state index is 0.589. The highest BCUT2D eigenvalue weighted by molar-refractivity contribution is 7.20. The number of rotatable bonds is 5. The molecule has 5 aromatic carbocycles. The van der Waals surface area contributed by atoms with Gasteiger partial charge < -0.3 is 4.42 Å². The zero-order chi connectivity index (χ0) is 23.8. The van der Waals surface area contributed by atoms with Crippen LogP contribution in [-0.4, -0.2) is 14.4 Å². The smallest absolute Gasteiger partial charge is 0.179 e. The molecule has 1 heterocycles. The first-order valence-electron chi connectivity index (χ1n) is 11.8. The van der Waals surface area contributed by atoms with Crippen LogP contribution in [0, 0.1) is 6.92 Å². The second kappa shape index (κ2) is 8.53. The van der Waals surface area contributed by atoms with Crippen molar-refractivity contribution in [1.29, 1.82) is 0 Å². The van der Waals surface area contributed by atoms with Crippen LogP contribution in [0.15, 0.2) is 126 Å². The molecule has 2 nitrogen and oxygen atoms in total. The number of fused-ring (bicyclic) bond motifs is 3. The summed E-state index contributed by atoms with van der Waals surface area (Å²) < 4.78 is 6.20. The van der Waals surface area contributed by atoms with Crippen molar-refractivity contribution in [1.82, 2.24) is 0 Å². The maximum Gasteiger partial charge on any atom is 0.179 e. The molecular weight excluding hydrogens is 444 g/mol. The van der Waals surface area contributed by atoms with Gasteiger partial charge in [-0.3, -0.25) is 4.79 Å². The standard InChI is InChI=1S/C32H24O2Si/c1-23-17-18-31-29(19-23)30-21-28(20-24(22-33)32(30)34-31)35(25-11-5-2-6-12-25,26-13-7-3-8-14-26)27-15-9-4-10-16-27/h2-22H,1H3. The van der Waals surface area contributed by atoms with Crippen molar-refractivity contribution < 1.29 is 9.21 Å². The van der Waals surface area contributed by atoms with Crippen LogP contribution in [0.2, 0.25) is 0 Å². The van der Waals surface area contributed by atoms with Gasteiger partial charge >= 0.3 is 0 Å². The van der Waals surface area contributed by atoms with Crippen molar-refractivity contribution >= 4 is 57.0 Å². The molecule has 0 saturated heterocycles. The molecule has 0 saturated carbocycles. The fourth-order valence-electron chi connectivity index (χ4n) is 5.39. The van der Waals surface area contributed by atoms with Crippen LogP contribution in [0.1, 0.15) is 15.9 Å². The lowest BCUT2D eigenvalue weighted by Crippen LogP contribution is -2.74. The zero-order valence-electron chi connectivity index (χ0n) is 19.4. The maximum absolute atomic E-state index is 12.4. The molecule has 0 aliphatic carbocycles. The van der Waals surface area contributed by atoms with Crippen LogP contribution in [0.25, 0.3) is 21.9 Å². The molecule has 0 atom stereocenters. The van der Waals surface area contributed by atoms with E-state index in [1.54, 1.807) is 0 Å². The maximum atomic E-state index is 12.4. The van der Waals surface area contributed by atoms with E-state index in [0.29, 0.717) is 11.1 Å². The number of aryl methyl sites for hydroxylation is 1. The van der Waals surface area contributed by atoms with Gasteiger partial charge in [0.25, 0.3) is 0 Å². The number of carbonyl (C=O) groups is 1. The summed E-state index contributed by atoms with van der Waals surface area (Å²) in [5.41, 5.74) is 3.21. The van der Waals surface area contributed by atoms with E-state index in [1.807, 2.05) is 12.1 Å². The summed E-state index contributed by atoms with van der Waals surface area (Å²) in [5, 5.41) is 7.03. The topological polar surface area (TPSA) is 30.2 Å². The molecule has 1 aromatic heterocycles. The Bertz CT molecular complexity index is 1560. The van der Waals surface area contributed by atoms with E-state index in [2.05, 4.69) is 116 Å². The lowest BCUT2D eigenvalue weighted by atomic mass is 10.1. The van der Waals surface area contributed by atoms with Gasteiger partial charge in [0, 0.05) is 10.8 Å². The number of aldehydes is 1. The third-order valence-electron chi connectivity index (χ3n) is 6.94. The quantitative estimate of drug-likeness (QED) is 0.201. The summed E-state index contributed by atoms with van der Waals surface area (Å²) in [6.07, 6.45) is 0.932. The van der Waals surface area contributed by atoms with Crippen molar-refractivity contribution in [3.8, 4) is 0 Å². The Morgan fingerprint density at radius 1 is 0.600 bits per heavy atom. The van der Waals surface area contributed by atoms with E-state index in [0.717, 1.165) is 28.2 Å². The Labute approximate surface area is 205 Å². The summed E-state index contributed by atoms with van der Waals surface area (Å²) in [7, 11) is -2.74. The van der Waals surface area contributed by atoms with Gasteiger partial charge in [0.15, 0.2) is 14.4 Å². The molecule has 0 N–H and O–H groups in total. The lowest BCUT2D eigenvalue weighted by Gasteiger charge is -2.34. The molecule has 0 amide bonds. The van der Waals surface area contributed by atoms with Crippen molar-refractivity contribution in [2.24, 2.45) is 0 Å². The predicted molar refractivity (Wildman–Crippen MR) is 147 cm³/mol. The number of benzene rings is 5. The van der Waals surface area contributed by atoms with E-state index >= 15 is 0 Å². The van der Waals surface area contributed by atoms with Gasteiger partial charge in [0.1, 0.15) is 11.2 Å². The highest BCUT2D eigenvalue weighted by Crippen LogP contribution is 2.31. The van der Waals surface area contributed by atoms with Gasteiger partial charge in [-0.25, -0.2) is 0 Å². The van der Waals surface area contributed by atoms with Gasteiger partial charge in [-0.05, 0) is 45.9 Å². The Kier molecular flexibility index (Phi) is 5.20. The molecule has 0 fully saturated rings. The van der Waals surface area contributed by atoms with Crippen molar-refractivity contribution in [2.45, 2.75) is 6.92 Å². The third-order valence-corrected chi connectivity index (χ3v) is 11.7. The third kappa shape index (κ3) is 3.36. The van der Waals surface area contributed by atoms with Crippen molar-refractivity contribution in [3.63, 3.8) is 0 Å². The molecule has 0 spiro atoms. The monoisotopic (exact) mass is 468 g/mol. The molecule has 6 aromatic rings. The number of carbonyl (C=O) groups excluding carboxylic acids is 1. The average Bonchev–Trinajstić information content (AvgIpc) is 3.28. The first-order chi connectivity index (χ1) is 17.2. The van der Waals surface area contributed by atoms with Crippen LogP contribution >= 0.6 is 0 Å². The van der Waals surface area contributed by atoms with Crippen LogP contribution in [-0.2, 0) is 0 Å². The number of hydrogen-bond donors (Lipinski definition) is 0. The van der Waals surface area contributed by atoms with Gasteiger partial charge in [-0.2, -0.15) is 0 Å². The minimum Gasteiger partial charge on any atom is -0.455 e. The summed E-state index contributed by atoms with van der Waals surface area (Å²) >= 11 is 0. The summed E-state index contributed by atoms with van der Waals surface area (Å²) in [6.45, 7) is 2.08. The molecular formula is C32H24O2Si. The molecule has 35 heavy (non-hydrogen) atoms. The SMILES string of the molecule is Cc1ccc2oc3c(C=O)cc([Si](c4ccccc4)(c4ccccc4)c4ccccc4)cc3c2c1. The molecule has 6 rings (SSSR count).